The van der Waals surface area contributed by atoms with Gasteiger partial charge in [0.2, 0.25) is 10.0 Å². The number of rotatable bonds is 6. The first-order chi connectivity index (χ1) is 13.6. The summed E-state index contributed by atoms with van der Waals surface area (Å²) in [7, 11) is -3.27. The molecule has 2 aromatic carbocycles. The fourth-order valence-corrected chi connectivity index (χ4v) is 5.77. The van der Waals surface area contributed by atoms with Crippen molar-refractivity contribution in [1.82, 2.24) is 9.29 Å². The summed E-state index contributed by atoms with van der Waals surface area (Å²) in [4.78, 5) is 4.67. The van der Waals surface area contributed by atoms with Crippen LogP contribution in [0.1, 0.15) is 18.4 Å². The van der Waals surface area contributed by atoms with Crippen molar-refractivity contribution in [3.8, 4) is 11.3 Å². The Kier molecular flexibility index (Phi) is 5.75. The van der Waals surface area contributed by atoms with Gasteiger partial charge in [-0.1, -0.05) is 60.7 Å². The number of piperidine rings is 1. The zero-order chi connectivity index (χ0) is 19.4. The van der Waals surface area contributed by atoms with E-state index in [2.05, 4.69) is 27.8 Å². The van der Waals surface area contributed by atoms with E-state index in [4.69, 9.17) is 0 Å². The third kappa shape index (κ3) is 4.60. The minimum atomic E-state index is -3.27. The average molecular weight is 414 g/mol. The number of anilines is 1. The molecule has 5 nitrogen and oxygen atoms in total. The van der Waals surface area contributed by atoms with Gasteiger partial charge in [0.25, 0.3) is 0 Å². The Hall–Kier alpha value is -2.22. The molecule has 28 heavy (non-hydrogen) atoms. The van der Waals surface area contributed by atoms with E-state index in [1.807, 2.05) is 48.5 Å². The second-order valence-corrected chi connectivity index (χ2v) is 9.79. The number of aromatic nitrogens is 1. The van der Waals surface area contributed by atoms with Crippen LogP contribution >= 0.6 is 11.3 Å². The van der Waals surface area contributed by atoms with E-state index < -0.39 is 10.0 Å². The van der Waals surface area contributed by atoms with Gasteiger partial charge >= 0.3 is 0 Å². The van der Waals surface area contributed by atoms with E-state index in [0.717, 1.165) is 34.8 Å². The Morgan fingerprint density at radius 1 is 1.00 bits per heavy atom. The van der Waals surface area contributed by atoms with Crippen LogP contribution in [0.5, 0.6) is 0 Å². The van der Waals surface area contributed by atoms with Gasteiger partial charge in [-0.25, -0.2) is 17.7 Å². The molecule has 0 bridgehead atoms. The van der Waals surface area contributed by atoms with E-state index in [1.165, 1.54) is 0 Å². The average Bonchev–Trinajstić information content (AvgIpc) is 3.18. The summed E-state index contributed by atoms with van der Waals surface area (Å²) in [5.74, 6) is 0.0683. The molecule has 1 aliphatic heterocycles. The van der Waals surface area contributed by atoms with E-state index in [0.29, 0.717) is 13.1 Å². The Morgan fingerprint density at radius 3 is 2.32 bits per heavy atom. The first-order valence-corrected chi connectivity index (χ1v) is 11.9. The van der Waals surface area contributed by atoms with Crippen LogP contribution in [0.2, 0.25) is 0 Å². The van der Waals surface area contributed by atoms with E-state index in [1.54, 1.807) is 15.6 Å². The van der Waals surface area contributed by atoms with Gasteiger partial charge in [0, 0.05) is 30.1 Å². The number of nitrogens with zero attached hydrogens (tertiary/aromatic N) is 2. The molecule has 2 heterocycles. The van der Waals surface area contributed by atoms with Crippen LogP contribution in [-0.2, 0) is 15.8 Å². The summed E-state index contributed by atoms with van der Waals surface area (Å²) < 4.78 is 27.0. The second kappa shape index (κ2) is 8.43. The Bertz CT molecular complexity index is 996. The lowest BCUT2D eigenvalue weighted by Gasteiger charge is -2.31. The zero-order valence-corrected chi connectivity index (χ0v) is 17.1. The van der Waals surface area contributed by atoms with Gasteiger partial charge in [0.1, 0.15) is 0 Å². The summed E-state index contributed by atoms with van der Waals surface area (Å²) in [5, 5.41) is 6.42. The Morgan fingerprint density at radius 2 is 1.64 bits per heavy atom. The molecule has 4 rings (SSSR count). The van der Waals surface area contributed by atoms with E-state index in [9.17, 15) is 8.42 Å². The standard InChI is InChI=1S/C21H23N3O2S2/c25-28(26,16-17-7-3-1-4-8-17)24-13-11-19(12-14-24)22-21-23-20(15-27-21)18-9-5-2-6-10-18/h1-10,15,19H,11-14,16H2,(H,22,23). The maximum absolute atomic E-state index is 12.7. The van der Waals surface area contributed by atoms with Gasteiger partial charge in [0.05, 0.1) is 11.4 Å². The highest BCUT2D eigenvalue weighted by molar-refractivity contribution is 7.88. The normalized spacial score (nSPS) is 16.1. The monoisotopic (exact) mass is 413 g/mol. The van der Waals surface area contributed by atoms with Crippen LogP contribution in [0.25, 0.3) is 11.3 Å². The minimum absolute atomic E-state index is 0.0683. The van der Waals surface area contributed by atoms with Crippen LogP contribution in [0.4, 0.5) is 5.13 Å². The van der Waals surface area contributed by atoms with Crippen molar-refractivity contribution in [1.29, 1.82) is 0 Å². The highest BCUT2D eigenvalue weighted by atomic mass is 32.2. The van der Waals surface area contributed by atoms with Gasteiger partial charge in [-0.2, -0.15) is 0 Å². The molecule has 1 aromatic heterocycles. The van der Waals surface area contributed by atoms with Gasteiger partial charge in [0.15, 0.2) is 5.13 Å². The van der Waals surface area contributed by atoms with Crippen LogP contribution in [0, 0.1) is 0 Å². The predicted octanol–water partition coefficient (Wildman–Crippen LogP) is 4.22. The number of sulfonamides is 1. The number of benzene rings is 2. The number of nitrogens with one attached hydrogen (secondary N) is 1. The second-order valence-electron chi connectivity index (χ2n) is 6.96. The molecular formula is C21H23N3O2S2. The molecule has 1 N–H and O–H groups in total. The molecule has 7 heteroatoms. The molecule has 0 spiro atoms. The zero-order valence-electron chi connectivity index (χ0n) is 15.5. The molecule has 0 amide bonds. The van der Waals surface area contributed by atoms with Gasteiger partial charge in [-0.15, -0.1) is 11.3 Å². The van der Waals surface area contributed by atoms with Gasteiger partial charge in [-0.05, 0) is 18.4 Å². The van der Waals surface area contributed by atoms with E-state index in [-0.39, 0.29) is 11.8 Å². The third-order valence-electron chi connectivity index (χ3n) is 4.94. The van der Waals surface area contributed by atoms with Crippen LogP contribution in [-0.4, -0.2) is 36.8 Å². The number of hydrogen-bond donors (Lipinski definition) is 1. The highest BCUT2D eigenvalue weighted by Gasteiger charge is 2.28. The summed E-state index contributed by atoms with van der Waals surface area (Å²) in [6.45, 7) is 1.09. The lowest BCUT2D eigenvalue weighted by molar-refractivity contribution is 0.329. The maximum atomic E-state index is 12.7. The smallest absolute Gasteiger partial charge is 0.218 e. The first kappa shape index (κ1) is 19.1. The maximum Gasteiger partial charge on any atom is 0.218 e. The fraction of sp³-hybridized carbons (Fsp3) is 0.286. The molecule has 1 fully saturated rings. The SMILES string of the molecule is O=S(=O)(Cc1ccccc1)N1CCC(Nc2nc(-c3ccccc3)cs2)CC1. The lowest BCUT2D eigenvalue weighted by atomic mass is 10.1. The molecule has 3 aromatic rings. The molecule has 1 saturated heterocycles. The van der Waals surface area contributed by atoms with Crippen LogP contribution in [0.3, 0.4) is 0 Å². The molecule has 0 radical (unpaired) electrons. The Labute approximate surface area is 170 Å². The summed E-state index contributed by atoms with van der Waals surface area (Å²) in [6.07, 6.45) is 1.57. The van der Waals surface area contributed by atoms with Crippen molar-refractivity contribution in [2.75, 3.05) is 18.4 Å². The molecule has 0 aliphatic carbocycles. The third-order valence-corrected chi connectivity index (χ3v) is 7.56. The van der Waals surface area contributed by atoms with Crippen molar-refractivity contribution in [3.05, 3.63) is 71.6 Å². The molecule has 0 saturated carbocycles. The fourth-order valence-electron chi connectivity index (χ4n) is 3.41. The quantitative estimate of drug-likeness (QED) is 0.657. The van der Waals surface area contributed by atoms with Crippen LogP contribution < -0.4 is 5.32 Å². The molecular weight excluding hydrogens is 390 g/mol. The van der Waals surface area contributed by atoms with Crippen molar-refractivity contribution in [3.63, 3.8) is 0 Å². The Balaban J connectivity index is 1.33. The van der Waals surface area contributed by atoms with Crippen LogP contribution in [0.15, 0.2) is 66.0 Å². The molecule has 1 aliphatic rings. The summed E-state index contributed by atoms with van der Waals surface area (Å²) >= 11 is 1.59. The topological polar surface area (TPSA) is 62.3 Å². The predicted molar refractivity (Wildman–Crippen MR) is 115 cm³/mol. The van der Waals surface area contributed by atoms with Gasteiger partial charge < -0.3 is 5.32 Å². The van der Waals surface area contributed by atoms with Crippen molar-refractivity contribution in [2.24, 2.45) is 0 Å². The molecule has 146 valence electrons. The summed E-state index contributed by atoms with van der Waals surface area (Å²) in [5.41, 5.74) is 2.91. The van der Waals surface area contributed by atoms with Crippen molar-refractivity contribution >= 4 is 26.5 Å². The first-order valence-electron chi connectivity index (χ1n) is 9.39. The lowest BCUT2D eigenvalue weighted by Crippen LogP contribution is -2.42. The largest absolute Gasteiger partial charge is 0.359 e. The molecule has 0 atom stereocenters. The number of thiazole rings is 1. The summed E-state index contributed by atoms with van der Waals surface area (Å²) in [6, 6.07) is 19.7. The molecule has 0 unspecified atom stereocenters. The van der Waals surface area contributed by atoms with Crippen molar-refractivity contribution < 1.29 is 8.42 Å². The number of hydrogen-bond acceptors (Lipinski definition) is 5. The van der Waals surface area contributed by atoms with Crippen molar-refractivity contribution in [2.45, 2.75) is 24.6 Å². The minimum Gasteiger partial charge on any atom is -0.359 e. The highest BCUT2D eigenvalue weighted by Crippen LogP contribution is 2.27. The van der Waals surface area contributed by atoms with Gasteiger partial charge in [-0.3, -0.25) is 0 Å². The van der Waals surface area contributed by atoms with E-state index >= 15 is 0 Å².